The molecular weight excluding hydrogens is 180 g/mol. The first-order chi connectivity index (χ1) is 6.18. The van der Waals surface area contributed by atoms with Gasteiger partial charge in [-0.1, -0.05) is 6.58 Å². The Bertz CT molecular complexity index is 352. The van der Waals surface area contributed by atoms with Crippen LogP contribution in [0.15, 0.2) is 18.2 Å². The van der Waals surface area contributed by atoms with Gasteiger partial charge in [0.05, 0.1) is 4.88 Å². The van der Waals surface area contributed by atoms with Crippen LogP contribution in [0.3, 0.4) is 0 Å². The lowest BCUT2D eigenvalue weighted by atomic mass is 10.1. The number of rotatable bonds is 2. The molecule has 0 spiro atoms. The number of fused-ring (bicyclic) bond motifs is 1. The van der Waals surface area contributed by atoms with Crippen molar-refractivity contribution in [1.29, 1.82) is 0 Å². The monoisotopic (exact) mass is 192 g/mol. The molecule has 2 heteroatoms. The molecule has 0 N–H and O–H groups in total. The molecule has 0 unspecified atom stereocenters. The highest BCUT2D eigenvalue weighted by Gasteiger charge is 2.18. The minimum Gasteiger partial charge on any atom is -0.288 e. The average Bonchev–Trinajstić information content (AvgIpc) is 2.59. The molecule has 13 heavy (non-hydrogen) atoms. The van der Waals surface area contributed by atoms with Gasteiger partial charge in [0.1, 0.15) is 0 Å². The SMILES string of the molecule is C=C(C)C(=O)c1cc2c(s1)CCC2. The summed E-state index contributed by atoms with van der Waals surface area (Å²) in [5, 5.41) is 0. The van der Waals surface area contributed by atoms with Crippen LogP contribution in [0.5, 0.6) is 0 Å². The third-order valence-electron chi connectivity index (χ3n) is 2.36. The predicted molar refractivity (Wildman–Crippen MR) is 55.5 cm³/mol. The van der Waals surface area contributed by atoms with Crippen LogP contribution in [0.25, 0.3) is 0 Å². The molecule has 0 saturated carbocycles. The summed E-state index contributed by atoms with van der Waals surface area (Å²) in [6.07, 6.45) is 3.56. The molecule has 1 aromatic rings. The molecule has 0 amide bonds. The van der Waals surface area contributed by atoms with Crippen LogP contribution in [0, 0.1) is 0 Å². The molecule has 2 rings (SSSR count). The van der Waals surface area contributed by atoms with Gasteiger partial charge in [0.2, 0.25) is 0 Å². The van der Waals surface area contributed by atoms with Gasteiger partial charge in [-0.2, -0.15) is 0 Å². The third-order valence-corrected chi connectivity index (χ3v) is 3.59. The van der Waals surface area contributed by atoms with E-state index in [4.69, 9.17) is 0 Å². The molecule has 1 aromatic heterocycles. The fraction of sp³-hybridized carbons (Fsp3) is 0.364. The lowest BCUT2D eigenvalue weighted by Gasteiger charge is -1.93. The Hall–Kier alpha value is -0.890. The Kier molecular flexibility index (Phi) is 2.08. The molecular formula is C11H12OS. The van der Waals surface area contributed by atoms with Crippen molar-refractivity contribution < 1.29 is 4.79 Å². The fourth-order valence-corrected chi connectivity index (χ4v) is 2.92. The van der Waals surface area contributed by atoms with Gasteiger partial charge in [0, 0.05) is 4.88 Å². The third kappa shape index (κ3) is 1.46. The molecule has 0 aliphatic heterocycles. The molecule has 0 bridgehead atoms. The quantitative estimate of drug-likeness (QED) is 0.520. The smallest absolute Gasteiger partial charge is 0.198 e. The van der Waals surface area contributed by atoms with Crippen LogP contribution in [0.1, 0.15) is 33.5 Å². The maximum absolute atomic E-state index is 11.6. The lowest BCUT2D eigenvalue weighted by molar-refractivity contribution is 0.103. The molecule has 0 atom stereocenters. The van der Waals surface area contributed by atoms with Gasteiger partial charge < -0.3 is 0 Å². The number of hydrogen-bond acceptors (Lipinski definition) is 2. The Balaban J connectivity index is 2.33. The standard InChI is InChI=1S/C11H12OS/c1-7(2)11(12)10-6-8-4-3-5-9(8)13-10/h6H,1,3-5H2,2H3. The maximum Gasteiger partial charge on any atom is 0.198 e. The Morgan fingerprint density at radius 1 is 1.54 bits per heavy atom. The molecule has 1 aliphatic carbocycles. The van der Waals surface area contributed by atoms with Crippen molar-refractivity contribution in [3.8, 4) is 0 Å². The number of ketones is 1. The normalized spacial score (nSPS) is 14.2. The number of hydrogen-bond donors (Lipinski definition) is 0. The van der Waals surface area contributed by atoms with Gasteiger partial charge in [0.25, 0.3) is 0 Å². The zero-order valence-corrected chi connectivity index (χ0v) is 8.54. The van der Waals surface area contributed by atoms with Crippen LogP contribution in [-0.4, -0.2) is 5.78 Å². The van der Waals surface area contributed by atoms with Crippen molar-refractivity contribution in [2.45, 2.75) is 26.2 Å². The lowest BCUT2D eigenvalue weighted by Crippen LogP contribution is -1.95. The highest BCUT2D eigenvalue weighted by Crippen LogP contribution is 2.31. The maximum atomic E-state index is 11.6. The average molecular weight is 192 g/mol. The Morgan fingerprint density at radius 3 is 2.92 bits per heavy atom. The summed E-state index contributed by atoms with van der Waals surface area (Å²) < 4.78 is 0. The highest BCUT2D eigenvalue weighted by atomic mass is 32.1. The van der Waals surface area contributed by atoms with Crippen LogP contribution in [0.4, 0.5) is 0 Å². The van der Waals surface area contributed by atoms with E-state index in [9.17, 15) is 4.79 Å². The van der Waals surface area contributed by atoms with Crippen LogP contribution >= 0.6 is 11.3 Å². The van der Waals surface area contributed by atoms with E-state index in [0.717, 1.165) is 17.7 Å². The van der Waals surface area contributed by atoms with Crippen molar-refractivity contribution in [1.82, 2.24) is 0 Å². The van der Waals surface area contributed by atoms with Crippen molar-refractivity contribution in [3.05, 3.63) is 33.5 Å². The summed E-state index contributed by atoms with van der Waals surface area (Å²) in [6.45, 7) is 5.44. The van der Waals surface area contributed by atoms with Gasteiger partial charge in [-0.25, -0.2) is 0 Å². The van der Waals surface area contributed by atoms with Gasteiger partial charge in [-0.05, 0) is 43.4 Å². The summed E-state index contributed by atoms with van der Waals surface area (Å²) in [4.78, 5) is 13.8. The number of allylic oxidation sites excluding steroid dienone is 1. The van der Waals surface area contributed by atoms with Gasteiger partial charge in [-0.3, -0.25) is 4.79 Å². The van der Waals surface area contributed by atoms with E-state index in [1.54, 1.807) is 18.3 Å². The summed E-state index contributed by atoms with van der Waals surface area (Å²) in [7, 11) is 0. The Morgan fingerprint density at radius 2 is 2.31 bits per heavy atom. The first kappa shape index (κ1) is 8.70. The van der Waals surface area contributed by atoms with E-state index >= 15 is 0 Å². The molecule has 1 nitrogen and oxygen atoms in total. The first-order valence-electron chi connectivity index (χ1n) is 4.50. The van der Waals surface area contributed by atoms with Crippen LogP contribution < -0.4 is 0 Å². The minimum absolute atomic E-state index is 0.111. The molecule has 0 radical (unpaired) electrons. The molecule has 0 fully saturated rings. The van der Waals surface area contributed by atoms with E-state index in [1.165, 1.54) is 16.9 Å². The number of aryl methyl sites for hydroxylation is 2. The summed E-state index contributed by atoms with van der Waals surface area (Å²) in [5.41, 5.74) is 2.02. The summed E-state index contributed by atoms with van der Waals surface area (Å²) in [5.74, 6) is 0.111. The van der Waals surface area contributed by atoms with Crippen LogP contribution in [0.2, 0.25) is 0 Å². The van der Waals surface area contributed by atoms with Crippen molar-refractivity contribution in [3.63, 3.8) is 0 Å². The van der Waals surface area contributed by atoms with E-state index in [2.05, 4.69) is 6.58 Å². The summed E-state index contributed by atoms with van der Waals surface area (Å²) >= 11 is 1.65. The van der Waals surface area contributed by atoms with E-state index < -0.39 is 0 Å². The molecule has 68 valence electrons. The second kappa shape index (κ2) is 3.11. The largest absolute Gasteiger partial charge is 0.288 e. The Labute approximate surface area is 82.1 Å². The highest BCUT2D eigenvalue weighted by molar-refractivity contribution is 7.14. The number of Topliss-reactive ketones (excluding diaryl/α,β-unsaturated/α-hetero) is 1. The topological polar surface area (TPSA) is 17.1 Å². The number of carbonyl (C=O) groups excluding carboxylic acids is 1. The van der Waals surface area contributed by atoms with Crippen molar-refractivity contribution in [2.75, 3.05) is 0 Å². The van der Waals surface area contributed by atoms with E-state index in [0.29, 0.717) is 5.57 Å². The van der Waals surface area contributed by atoms with Gasteiger partial charge in [0.15, 0.2) is 5.78 Å². The fourth-order valence-electron chi connectivity index (χ4n) is 1.65. The minimum atomic E-state index is 0.111. The number of thiophene rings is 1. The predicted octanol–water partition coefficient (Wildman–Crippen LogP) is 3.00. The van der Waals surface area contributed by atoms with Crippen molar-refractivity contribution in [2.24, 2.45) is 0 Å². The van der Waals surface area contributed by atoms with Gasteiger partial charge >= 0.3 is 0 Å². The van der Waals surface area contributed by atoms with Crippen molar-refractivity contribution >= 4 is 17.1 Å². The summed E-state index contributed by atoms with van der Waals surface area (Å²) in [6, 6.07) is 2.05. The number of carbonyl (C=O) groups is 1. The molecule has 0 aromatic carbocycles. The van der Waals surface area contributed by atoms with Gasteiger partial charge in [-0.15, -0.1) is 11.3 Å². The zero-order valence-electron chi connectivity index (χ0n) is 7.72. The second-order valence-corrected chi connectivity index (χ2v) is 4.66. The zero-order chi connectivity index (χ0) is 9.42. The van der Waals surface area contributed by atoms with E-state index in [-0.39, 0.29) is 5.78 Å². The van der Waals surface area contributed by atoms with Crippen LogP contribution in [-0.2, 0) is 12.8 Å². The first-order valence-corrected chi connectivity index (χ1v) is 5.32. The molecule has 1 aliphatic rings. The van der Waals surface area contributed by atoms with E-state index in [1.807, 2.05) is 6.07 Å². The molecule has 0 saturated heterocycles. The second-order valence-electron chi connectivity index (χ2n) is 3.52. The molecule has 1 heterocycles.